The van der Waals surface area contributed by atoms with Crippen molar-refractivity contribution in [3.63, 3.8) is 0 Å². The van der Waals surface area contributed by atoms with Crippen LogP contribution in [0.3, 0.4) is 0 Å². The van der Waals surface area contributed by atoms with Gasteiger partial charge >= 0.3 is 35.6 Å². The molecule has 0 amide bonds. The van der Waals surface area contributed by atoms with E-state index in [1.807, 2.05) is 0 Å². The van der Waals surface area contributed by atoms with E-state index in [0.717, 1.165) is 22.5 Å². The van der Waals surface area contributed by atoms with Crippen LogP contribution in [0.4, 0.5) is 22.7 Å². The summed E-state index contributed by atoms with van der Waals surface area (Å²) in [6.07, 6.45) is 11.0. The standard InChI is InChI=1S/C26H33N2Si2.CH3.2ClH.Ti/c1-29(2,3)25-18-19-12-6-7-13-20(19)26(25)30(4,5)28-23-16-10-8-14-21(23)27-22-15-9-11-17-24(22)28;;;;/h6-17,19-20,25-26H,18H2,1-5H3;1H3;2*1H;/q2*-1;;;+2/p-2/t19-,20-,25+,26?;;;;/m0..../s1. The van der Waals surface area contributed by atoms with Gasteiger partial charge in [0.2, 0.25) is 0 Å². The summed E-state index contributed by atoms with van der Waals surface area (Å²) in [6.45, 7) is 13.0. The summed E-state index contributed by atoms with van der Waals surface area (Å²) >= 11 is -0.556. The van der Waals surface area contributed by atoms with Gasteiger partial charge in [0.25, 0.3) is 0 Å². The van der Waals surface area contributed by atoms with Gasteiger partial charge < -0.3 is 17.3 Å². The third-order valence-corrected chi connectivity index (χ3v) is 14.9. The Hall–Kier alpha value is -0.752. The van der Waals surface area contributed by atoms with Crippen LogP contribution in [0.5, 0.6) is 0 Å². The van der Waals surface area contributed by atoms with E-state index in [1.54, 1.807) is 0 Å². The van der Waals surface area contributed by atoms with Crippen LogP contribution in [0, 0.1) is 19.3 Å². The van der Waals surface area contributed by atoms with Crippen LogP contribution in [0.2, 0.25) is 43.8 Å². The van der Waals surface area contributed by atoms with Gasteiger partial charge in [-0.05, 0) is 41.5 Å². The van der Waals surface area contributed by atoms with Crippen LogP contribution in [0.25, 0.3) is 5.32 Å². The summed E-state index contributed by atoms with van der Waals surface area (Å²) in [5, 5.41) is 5.01. The summed E-state index contributed by atoms with van der Waals surface area (Å²) < 4.78 is 2.76. The fourth-order valence-corrected chi connectivity index (χ4v) is 15.7. The van der Waals surface area contributed by atoms with Crippen molar-refractivity contribution < 1.29 is 17.0 Å². The SMILES string of the molecule is C[Si](C)(C)[C@@H]1C[C@@H]2C=CC=C[C@@H]2C1[Si](C)(C)N1c2ccccc2[N-]c2ccccc21.[CH3-].[Cl][Ti][Cl]. The average molecular weight is 564 g/mol. The number of halogens is 2. The Morgan fingerprint density at radius 2 is 1.35 bits per heavy atom. The molecule has 0 saturated heterocycles. The maximum absolute atomic E-state index is 5.01. The quantitative estimate of drug-likeness (QED) is 0.268. The number of rotatable bonds is 3. The van der Waals surface area contributed by atoms with Crippen molar-refractivity contribution in [3.8, 4) is 0 Å². The number of hydrogen-bond acceptors (Lipinski definition) is 1. The van der Waals surface area contributed by atoms with Crippen molar-refractivity contribution in [3.05, 3.63) is 85.6 Å². The molecule has 34 heavy (non-hydrogen) atoms. The molecule has 7 heteroatoms. The van der Waals surface area contributed by atoms with E-state index in [1.165, 1.54) is 17.8 Å². The molecule has 1 unspecified atom stereocenters. The van der Waals surface area contributed by atoms with Crippen molar-refractivity contribution in [1.82, 2.24) is 0 Å². The molecular weight excluding hydrogens is 527 g/mol. The first-order valence-electron chi connectivity index (χ1n) is 11.7. The molecule has 2 aromatic carbocycles. The molecule has 0 radical (unpaired) electrons. The van der Waals surface area contributed by atoms with Gasteiger partial charge in [-0.15, -0.1) is 11.4 Å². The monoisotopic (exact) mass is 562 g/mol. The molecule has 2 nitrogen and oxygen atoms in total. The number of nitrogens with zero attached hydrogens (tertiary/aromatic N) is 2. The van der Waals surface area contributed by atoms with E-state index in [2.05, 4.69) is 110 Å². The van der Waals surface area contributed by atoms with Gasteiger partial charge in [0, 0.05) is 19.4 Å². The first-order chi connectivity index (χ1) is 15.7. The van der Waals surface area contributed by atoms with Crippen molar-refractivity contribution in [2.75, 3.05) is 4.57 Å². The number of benzene rings is 2. The Morgan fingerprint density at radius 3 is 1.88 bits per heavy atom. The van der Waals surface area contributed by atoms with Crippen molar-refractivity contribution in [2.45, 2.75) is 50.2 Å². The van der Waals surface area contributed by atoms with Gasteiger partial charge in [-0.3, -0.25) is 0 Å². The van der Waals surface area contributed by atoms with E-state index in [9.17, 15) is 0 Å². The Kier molecular flexibility index (Phi) is 9.09. The number of hydrogen-bond donors (Lipinski definition) is 0. The predicted octanol–water partition coefficient (Wildman–Crippen LogP) is 10.3. The van der Waals surface area contributed by atoms with E-state index in [0.29, 0.717) is 11.8 Å². The van der Waals surface area contributed by atoms with E-state index in [4.69, 9.17) is 23.9 Å². The molecule has 1 saturated carbocycles. The molecule has 0 spiro atoms. The Balaban J connectivity index is 0.000000771. The zero-order valence-electron chi connectivity index (χ0n) is 21.1. The van der Waals surface area contributed by atoms with Crippen LogP contribution < -0.4 is 4.57 Å². The molecule has 1 heterocycles. The first-order valence-corrected chi connectivity index (χ1v) is 22.6. The van der Waals surface area contributed by atoms with Crippen LogP contribution in [-0.4, -0.2) is 16.3 Å². The summed E-state index contributed by atoms with van der Waals surface area (Å²) in [5.41, 5.74) is 6.45. The zero-order chi connectivity index (χ0) is 23.8. The van der Waals surface area contributed by atoms with Gasteiger partial charge in [0.1, 0.15) is 0 Å². The molecule has 2 aliphatic carbocycles. The van der Waals surface area contributed by atoms with Gasteiger partial charge in [-0.2, -0.15) is 0 Å². The number of fused-ring (bicyclic) bond motifs is 3. The van der Waals surface area contributed by atoms with Crippen LogP contribution in [0.15, 0.2) is 72.8 Å². The molecule has 2 aromatic rings. The van der Waals surface area contributed by atoms with Crippen LogP contribution in [-0.2, 0) is 17.0 Å². The molecule has 0 N–H and O–H groups in total. The first kappa shape index (κ1) is 27.8. The summed E-state index contributed by atoms with van der Waals surface area (Å²) in [6, 6.07) is 17.5. The van der Waals surface area contributed by atoms with Gasteiger partial charge in [-0.25, -0.2) is 0 Å². The molecule has 1 fully saturated rings. The Morgan fingerprint density at radius 1 is 0.853 bits per heavy atom. The van der Waals surface area contributed by atoms with Gasteiger partial charge in [0.15, 0.2) is 8.24 Å². The molecule has 4 atom stereocenters. The number of para-hydroxylation sites is 4. The van der Waals surface area contributed by atoms with Crippen molar-refractivity contribution >= 4 is 57.7 Å². The minimum absolute atomic E-state index is 0. The Labute approximate surface area is 225 Å². The molecule has 0 aromatic heterocycles. The van der Waals surface area contributed by atoms with E-state index < -0.39 is 33.3 Å². The topological polar surface area (TPSA) is 17.3 Å². The number of allylic oxidation sites excluding steroid dienone is 4. The third-order valence-electron chi connectivity index (χ3n) is 7.66. The predicted molar refractivity (Wildman–Crippen MR) is 154 cm³/mol. The molecule has 3 aliphatic rings. The van der Waals surface area contributed by atoms with Crippen molar-refractivity contribution in [1.29, 1.82) is 0 Å². The molecule has 5 rings (SSSR count). The summed E-state index contributed by atoms with van der Waals surface area (Å²) in [4.78, 5) is 0. The second-order valence-electron chi connectivity index (χ2n) is 10.9. The molecule has 182 valence electrons. The number of anilines is 2. The van der Waals surface area contributed by atoms with E-state index >= 15 is 0 Å². The average Bonchev–Trinajstić information content (AvgIpc) is 3.19. The van der Waals surface area contributed by atoms with Crippen LogP contribution in [0.1, 0.15) is 6.42 Å². The fourth-order valence-electron chi connectivity index (χ4n) is 6.38. The molecule has 1 aliphatic heterocycles. The van der Waals surface area contributed by atoms with Crippen LogP contribution >= 0.6 is 18.6 Å². The minimum atomic E-state index is -1.93. The van der Waals surface area contributed by atoms with Gasteiger partial charge in [0.05, 0.1) is 0 Å². The zero-order valence-corrected chi connectivity index (χ0v) is 26.2. The summed E-state index contributed by atoms with van der Waals surface area (Å²) in [5.74, 6) is 1.38. The molecule has 0 bridgehead atoms. The third kappa shape index (κ3) is 5.19. The fraction of sp³-hybridized carbons (Fsp3) is 0.370. The normalized spacial score (nSPS) is 24.5. The molecular formula is C27H36Cl2N2Si2Ti-2. The maximum atomic E-state index is 5.01. The second-order valence-corrected chi connectivity index (χ2v) is 23.4. The second kappa shape index (κ2) is 11.1. The Bertz CT molecular complexity index is 1010. The van der Waals surface area contributed by atoms with Crippen molar-refractivity contribution in [2.24, 2.45) is 11.8 Å². The summed E-state index contributed by atoms with van der Waals surface area (Å²) in [7, 11) is 6.53. The van der Waals surface area contributed by atoms with Gasteiger partial charge in [-0.1, -0.05) is 93.4 Å². The van der Waals surface area contributed by atoms with E-state index in [-0.39, 0.29) is 7.43 Å².